The van der Waals surface area contributed by atoms with E-state index in [9.17, 15) is 9.46 Å². The molecule has 0 saturated carbocycles. The second-order valence-corrected chi connectivity index (χ2v) is 13.2. The molecule has 0 heterocycles. The van der Waals surface area contributed by atoms with Crippen molar-refractivity contribution in [3.05, 3.63) is 12.2 Å². The molecule has 0 saturated heterocycles. The van der Waals surface area contributed by atoms with Crippen molar-refractivity contribution in [2.75, 3.05) is 52.4 Å². The molecule has 0 bridgehead atoms. The first-order valence-electron chi connectivity index (χ1n) is 13.8. The molecule has 204 valence electrons. The fraction of sp³-hybridized carbons (Fsp3) is 0.926. The van der Waals surface area contributed by atoms with E-state index in [1.54, 1.807) is 0 Å². The highest BCUT2D eigenvalue weighted by Crippen LogP contribution is 2.43. The van der Waals surface area contributed by atoms with Crippen LogP contribution >= 0.6 is 19.6 Å². The number of allylic oxidation sites excluding steroid dienone is 1. The van der Waals surface area contributed by atoms with Crippen molar-refractivity contribution in [3.63, 3.8) is 0 Å². The number of hydrogen-bond acceptors (Lipinski definition) is 4. The number of quaternary nitrogens is 1. The van der Waals surface area contributed by atoms with Gasteiger partial charge in [-0.2, -0.15) is 11.8 Å². The minimum Gasteiger partial charge on any atom is -0.329 e. The molecular weight excluding hydrogens is 465 g/mol. The summed E-state index contributed by atoms with van der Waals surface area (Å²) in [6.45, 7) is 5.33. The van der Waals surface area contributed by atoms with Crippen LogP contribution in [-0.4, -0.2) is 61.8 Å². The Bertz CT molecular complexity index is 525. The highest BCUT2D eigenvalue weighted by atomic mass is 32.2. The Kier molecular flexibility index (Phi) is 22.5. The lowest BCUT2D eigenvalue weighted by Crippen LogP contribution is -2.37. The van der Waals surface area contributed by atoms with E-state index in [4.69, 9.17) is 9.05 Å². The van der Waals surface area contributed by atoms with Gasteiger partial charge < -0.3 is 9.38 Å². The van der Waals surface area contributed by atoms with Crippen LogP contribution in [0.2, 0.25) is 0 Å². The van der Waals surface area contributed by atoms with Gasteiger partial charge in [0.05, 0.1) is 27.7 Å². The van der Waals surface area contributed by atoms with Gasteiger partial charge in [-0.05, 0) is 19.1 Å². The summed E-state index contributed by atoms with van der Waals surface area (Å²) in [5.74, 6) is 2.17. The summed E-state index contributed by atoms with van der Waals surface area (Å²) in [6.07, 6.45) is 23.4. The van der Waals surface area contributed by atoms with Crippen molar-refractivity contribution in [2.24, 2.45) is 5.92 Å². The summed E-state index contributed by atoms with van der Waals surface area (Å²) in [5, 5.41) is 0. The maximum atomic E-state index is 12.1. The lowest BCUT2D eigenvalue weighted by molar-refractivity contribution is -0.870. The molecular formula is C27H57NO4PS+. The van der Waals surface area contributed by atoms with E-state index in [1.165, 1.54) is 89.9 Å². The minimum atomic E-state index is -3.99. The predicted octanol–water partition coefficient (Wildman–Crippen LogP) is 8.23. The second-order valence-electron chi connectivity index (χ2n) is 10.6. The molecule has 0 aromatic carbocycles. The Labute approximate surface area is 216 Å². The summed E-state index contributed by atoms with van der Waals surface area (Å²) < 4.78 is 23.1. The van der Waals surface area contributed by atoms with Crippen LogP contribution in [-0.2, 0) is 13.6 Å². The average molecular weight is 523 g/mol. The molecule has 0 amide bonds. The molecule has 0 fully saturated rings. The van der Waals surface area contributed by atoms with Crippen molar-refractivity contribution >= 4 is 19.6 Å². The molecule has 2 atom stereocenters. The van der Waals surface area contributed by atoms with Crippen LogP contribution in [0, 0.1) is 5.92 Å². The zero-order valence-electron chi connectivity index (χ0n) is 23.1. The molecule has 0 spiro atoms. The summed E-state index contributed by atoms with van der Waals surface area (Å²) >= 11 is 1.91. The zero-order valence-corrected chi connectivity index (χ0v) is 24.9. The van der Waals surface area contributed by atoms with E-state index in [-0.39, 0.29) is 19.1 Å². The van der Waals surface area contributed by atoms with Gasteiger partial charge in [0.1, 0.15) is 13.2 Å². The topological polar surface area (TPSA) is 55.8 Å². The number of hydrogen-bond donors (Lipinski definition) is 1. The van der Waals surface area contributed by atoms with Gasteiger partial charge in [-0.1, -0.05) is 103 Å². The van der Waals surface area contributed by atoms with Crippen molar-refractivity contribution in [1.29, 1.82) is 0 Å². The first-order valence-corrected chi connectivity index (χ1v) is 16.5. The largest absolute Gasteiger partial charge is 0.472 e. The van der Waals surface area contributed by atoms with Crippen molar-refractivity contribution in [3.8, 4) is 0 Å². The molecule has 0 aromatic heterocycles. The predicted molar refractivity (Wildman–Crippen MR) is 151 cm³/mol. The van der Waals surface area contributed by atoms with E-state index in [1.807, 2.05) is 45.9 Å². The molecule has 2 unspecified atom stereocenters. The first-order chi connectivity index (χ1) is 16.2. The van der Waals surface area contributed by atoms with Gasteiger partial charge in [-0.3, -0.25) is 9.05 Å². The van der Waals surface area contributed by atoms with Crippen LogP contribution in [0.5, 0.6) is 0 Å². The SMILES string of the molecule is CC=CC(COP(=O)(O)OCC[N+](C)(C)C)CSCCCCCCCCCCCCCCCC. The molecule has 0 rings (SSSR count). The molecule has 0 aliphatic carbocycles. The van der Waals surface area contributed by atoms with Gasteiger partial charge in [-0.15, -0.1) is 0 Å². The van der Waals surface area contributed by atoms with Gasteiger partial charge in [0.25, 0.3) is 0 Å². The van der Waals surface area contributed by atoms with Gasteiger partial charge in [0.2, 0.25) is 0 Å². The minimum absolute atomic E-state index is 0.129. The van der Waals surface area contributed by atoms with Crippen LogP contribution in [0.3, 0.4) is 0 Å². The maximum Gasteiger partial charge on any atom is 0.472 e. The van der Waals surface area contributed by atoms with Crippen LogP contribution in [0.25, 0.3) is 0 Å². The summed E-state index contributed by atoms with van der Waals surface area (Å²) in [6, 6.07) is 0. The number of phosphoric ester groups is 1. The monoisotopic (exact) mass is 522 g/mol. The molecule has 34 heavy (non-hydrogen) atoms. The molecule has 1 N–H and O–H groups in total. The summed E-state index contributed by atoms with van der Waals surface area (Å²) in [5.41, 5.74) is 0. The smallest absolute Gasteiger partial charge is 0.329 e. The Morgan fingerprint density at radius 1 is 0.853 bits per heavy atom. The summed E-state index contributed by atoms with van der Waals surface area (Å²) in [7, 11) is 2.07. The number of likely N-dealkylation sites (N-methyl/N-ethyl adjacent to an activating group) is 1. The van der Waals surface area contributed by atoms with Crippen LogP contribution in [0.15, 0.2) is 12.2 Å². The van der Waals surface area contributed by atoms with Gasteiger partial charge in [-0.25, -0.2) is 4.57 Å². The van der Waals surface area contributed by atoms with E-state index in [0.717, 1.165) is 11.5 Å². The normalized spacial score (nSPS) is 15.1. The molecule has 0 aromatic rings. The number of rotatable bonds is 25. The van der Waals surface area contributed by atoms with Gasteiger partial charge in [0, 0.05) is 11.7 Å². The summed E-state index contributed by atoms with van der Waals surface area (Å²) in [4.78, 5) is 9.91. The molecule has 5 nitrogen and oxygen atoms in total. The Morgan fingerprint density at radius 3 is 1.82 bits per heavy atom. The lowest BCUT2D eigenvalue weighted by Gasteiger charge is -2.24. The van der Waals surface area contributed by atoms with Crippen LogP contribution in [0.1, 0.15) is 104 Å². The van der Waals surface area contributed by atoms with Gasteiger partial charge >= 0.3 is 7.82 Å². The third-order valence-electron chi connectivity index (χ3n) is 5.91. The maximum absolute atomic E-state index is 12.1. The van der Waals surface area contributed by atoms with E-state index in [2.05, 4.69) is 13.0 Å². The molecule has 0 radical (unpaired) electrons. The van der Waals surface area contributed by atoms with Crippen LogP contribution < -0.4 is 0 Å². The van der Waals surface area contributed by atoms with Gasteiger partial charge in [0.15, 0.2) is 0 Å². The van der Waals surface area contributed by atoms with Crippen molar-refractivity contribution < 1.29 is 23.0 Å². The second kappa shape index (κ2) is 22.4. The van der Waals surface area contributed by atoms with Crippen molar-refractivity contribution in [1.82, 2.24) is 0 Å². The third-order valence-corrected chi connectivity index (χ3v) is 8.13. The third kappa shape index (κ3) is 25.3. The fourth-order valence-corrected chi connectivity index (χ4v) is 5.57. The van der Waals surface area contributed by atoms with E-state index < -0.39 is 7.82 Å². The first kappa shape index (κ1) is 34.2. The quantitative estimate of drug-likeness (QED) is 0.0566. The fourth-order valence-electron chi connectivity index (χ4n) is 3.72. The Hall–Kier alpha value is 0.160. The average Bonchev–Trinajstić information content (AvgIpc) is 2.76. The Balaban J connectivity index is 3.67. The highest BCUT2D eigenvalue weighted by molar-refractivity contribution is 7.99. The molecule has 0 aliphatic heterocycles. The molecule has 0 aliphatic rings. The lowest BCUT2D eigenvalue weighted by atomic mass is 10.0. The standard InChI is InChI=1S/C27H56NO4PS/c1-6-8-9-10-11-12-13-14-15-16-17-18-19-20-24-34-26-27(21-7-2)25-32-33(29,30)31-23-22-28(3,4)5/h7,21,27H,6,8-20,22-26H2,1-5H3/p+1. The highest BCUT2D eigenvalue weighted by Gasteiger charge is 2.23. The van der Waals surface area contributed by atoms with E-state index in [0.29, 0.717) is 11.0 Å². The Morgan fingerprint density at radius 2 is 1.35 bits per heavy atom. The number of thioether (sulfide) groups is 1. The van der Waals surface area contributed by atoms with Crippen LogP contribution in [0.4, 0.5) is 0 Å². The number of phosphoric acid groups is 1. The zero-order chi connectivity index (χ0) is 25.5. The number of unbranched alkanes of at least 4 members (excludes halogenated alkanes) is 13. The van der Waals surface area contributed by atoms with E-state index >= 15 is 0 Å². The van der Waals surface area contributed by atoms with Crippen molar-refractivity contribution in [2.45, 2.75) is 104 Å². The molecule has 7 heteroatoms. The number of nitrogens with zero attached hydrogens (tertiary/aromatic N) is 1.